The van der Waals surface area contributed by atoms with Gasteiger partial charge in [-0.3, -0.25) is 10.3 Å². The summed E-state index contributed by atoms with van der Waals surface area (Å²) >= 11 is 0. The van der Waals surface area contributed by atoms with Crippen molar-refractivity contribution < 1.29 is 9.18 Å². The number of hydrogen-bond donors (Lipinski definition) is 3. The highest BCUT2D eigenvalue weighted by atomic mass is 19.1. The molecule has 0 spiro atoms. The summed E-state index contributed by atoms with van der Waals surface area (Å²) in [6.45, 7) is 0. The van der Waals surface area contributed by atoms with Crippen LogP contribution in [0.3, 0.4) is 0 Å². The summed E-state index contributed by atoms with van der Waals surface area (Å²) < 4.78 is 12.8. The van der Waals surface area contributed by atoms with E-state index in [1.165, 1.54) is 29.2 Å². The Hall–Kier alpha value is -2.89. The van der Waals surface area contributed by atoms with Crippen LogP contribution in [-0.4, -0.2) is 18.9 Å². The van der Waals surface area contributed by atoms with Crippen molar-refractivity contribution in [3.05, 3.63) is 59.9 Å². The molecule has 2 amide bonds. The fourth-order valence-electron chi connectivity index (χ4n) is 1.72. The number of hydrogen-bond acceptors (Lipinski definition) is 2. The van der Waals surface area contributed by atoms with Crippen LogP contribution in [0.25, 0.3) is 0 Å². The summed E-state index contributed by atoms with van der Waals surface area (Å²) in [7, 11) is 1.61. The Balaban J connectivity index is 2.08. The van der Waals surface area contributed by atoms with Crippen LogP contribution in [0.2, 0.25) is 0 Å². The van der Waals surface area contributed by atoms with E-state index >= 15 is 0 Å². The maximum atomic E-state index is 12.8. The van der Waals surface area contributed by atoms with Crippen molar-refractivity contribution in [3.63, 3.8) is 0 Å². The Bertz CT molecular complexity index is 652. The van der Waals surface area contributed by atoms with E-state index in [1.807, 2.05) is 0 Å². The summed E-state index contributed by atoms with van der Waals surface area (Å²) in [6, 6.07) is 11.9. The number of urea groups is 1. The zero-order valence-corrected chi connectivity index (χ0v) is 11.4. The molecular weight excluding hydrogens is 271 g/mol. The number of benzene rings is 2. The number of nitrogen functional groups attached to an aromatic ring is 1. The quantitative estimate of drug-likeness (QED) is 0.599. The van der Waals surface area contributed by atoms with Crippen LogP contribution in [0.15, 0.2) is 48.5 Å². The van der Waals surface area contributed by atoms with Crippen molar-refractivity contribution >= 4 is 23.2 Å². The average molecular weight is 286 g/mol. The minimum Gasteiger partial charge on any atom is -0.384 e. The van der Waals surface area contributed by atoms with Gasteiger partial charge in [0.1, 0.15) is 11.7 Å². The second kappa shape index (κ2) is 6.04. The molecule has 21 heavy (non-hydrogen) atoms. The van der Waals surface area contributed by atoms with Gasteiger partial charge in [0.2, 0.25) is 0 Å². The number of nitrogens with zero attached hydrogens (tertiary/aromatic N) is 1. The molecule has 6 heteroatoms. The monoisotopic (exact) mass is 286 g/mol. The molecule has 2 rings (SSSR count). The normalized spacial score (nSPS) is 10.0. The summed E-state index contributed by atoms with van der Waals surface area (Å²) in [5, 5.41) is 9.98. The number of carbonyl (C=O) groups excluding carboxylic acids is 1. The molecule has 0 radical (unpaired) electrons. The predicted octanol–water partition coefficient (Wildman–Crippen LogP) is 2.78. The molecule has 0 heterocycles. The summed E-state index contributed by atoms with van der Waals surface area (Å²) in [5.41, 5.74) is 7.12. The summed E-state index contributed by atoms with van der Waals surface area (Å²) in [5.74, 6) is -0.388. The van der Waals surface area contributed by atoms with Crippen LogP contribution in [-0.2, 0) is 0 Å². The number of amidine groups is 1. The molecule has 4 N–H and O–H groups in total. The van der Waals surface area contributed by atoms with Gasteiger partial charge in [0.25, 0.3) is 0 Å². The number of anilines is 2. The lowest BCUT2D eigenvalue weighted by atomic mass is 10.2. The van der Waals surface area contributed by atoms with Crippen LogP contribution >= 0.6 is 0 Å². The molecule has 108 valence electrons. The SMILES string of the molecule is CN(C(=O)Nc1ccc(F)cc1)c1ccc(C(=N)N)cc1. The van der Waals surface area contributed by atoms with E-state index in [1.54, 1.807) is 31.3 Å². The van der Waals surface area contributed by atoms with Gasteiger partial charge in [0, 0.05) is 24.0 Å². The van der Waals surface area contributed by atoms with Gasteiger partial charge in [-0.15, -0.1) is 0 Å². The Kier molecular flexibility index (Phi) is 4.18. The van der Waals surface area contributed by atoms with Crippen molar-refractivity contribution in [1.29, 1.82) is 5.41 Å². The lowest BCUT2D eigenvalue weighted by molar-refractivity contribution is 0.258. The molecule has 0 aromatic heterocycles. The Morgan fingerprint density at radius 2 is 1.71 bits per heavy atom. The number of carbonyl (C=O) groups is 1. The third-order valence-corrected chi connectivity index (χ3v) is 2.97. The first-order valence-corrected chi connectivity index (χ1v) is 6.22. The van der Waals surface area contributed by atoms with E-state index in [0.29, 0.717) is 16.9 Å². The maximum absolute atomic E-state index is 12.8. The molecule has 0 aliphatic rings. The van der Waals surface area contributed by atoms with Crippen LogP contribution in [0.5, 0.6) is 0 Å². The van der Waals surface area contributed by atoms with E-state index in [-0.39, 0.29) is 17.7 Å². The topological polar surface area (TPSA) is 82.2 Å². The van der Waals surface area contributed by atoms with Gasteiger partial charge < -0.3 is 11.1 Å². The van der Waals surface area contributed by atoms with E-state index in [4.69, 9.17) is 11.1 Å². The van der Waals surface area contributed by atoms with Crippen molar-refractivity contribution in [2.45, 2.75) is 0 Å². The Labute approximate surface area is 121 Å². The molecule has 0 unspecified atom stereocenters. The zero-order chi connectivity index (χ0) is 15.4. The van der Waals surface area contributed by atoms with Gasteiger partial charge in [0.05, 0.1) is 0 Å². The fraction of sp³-hybridized carbons (Fsp3) is 0.0667. The molecule has 0 saturated carbocycles. The van der Waals surface area contributed by atoms with Crippen molar-refractivity contribution in [3.8, 4) is 0 Å². The third-order valence-electron chi connectivity index (χ3n) is 2.97. The maximum Gasteiger partial charge on any atom is 0.326 e. The molecule has 0 atom stereocenters. The number of amides is 2. The zero-order valence-electron chi connectivity index (χ0n) is 11.4. The lowest BCUT2D eigenvalue weighted by Gasteiger charge is -2.18. The molecule has 0 bridgehead atoms. The second-order valence-corrected chi connectivity index (χ2v) is 4.46. The highest BCUT2D eigenvalue weighted by molar-refractivity contribution is 6.02. The molecule has 0 saturated heterocycles. The molecular formula is C15H15FN4O. The van der Waals surface area contributed by atoms with Crippen LogP contribution in [0.4, 0.5) is 20.6 Å². The van der Waals surface area contributed by atoms with Crippen LogP contribution in [0, 0.1) is 11.2 Å². The smallest absolute Gasteiger partial charge is 0.326 e. The number of halogens is 1. The molecule has 0 fully saturated rings. The second-order valence-electron chi connectivity index (χ2n) is 4.46. The van der Waals surface area contributed by atoms with Crippen LogP contribution in [0.1, 0.15) is 5.56 Å². The summed E-state index contributed by atoms with van der Waals surface area (Å²) in [6.07, 6.45) is 0. The van der Waals surface area contributed by atoms with Gasteiger partial charge in [-0.2, -0.15) is 0 Å². The number of nitrogens with two attached hydrogens (primary N) is 1. The van der Waals surface area contributed by atoms with Gasteiger partial charge >= 0.3 is 6.03 Å². The van der Waals surface area contributed by atoms with E-state index < -0.39 is 0 Å². The minimum absolute atomic E-state index is 0.0278. The van der Waals surface area contributed by atoms with Crippen LogP contribution < -0.4 is 16.0 Å². The molecule has 0 aliphatic carbocycles. The fourth-order valence-corrected chi connectivity index (χ4v) is 1.72. The van der Waals surface area contributed by atoms with Gasteiger partial charge in [-0.05, 0) is 48.5 Å². The van der Waals surface area contributed by atoms with E-state index in [2.05, 4.69) is 5.32 Å². The van der Waals surface area contributed by atoms with Crippen molar-refractivity contribution in [2.75, 3.05) is 17.3 Å². The third kappa shape index (κ3) is 3.56. The van der Waals surface area contributed by atoms with E-state index in [0.717, 1.165) is 0 Å². The largest absolute Gasteiger partial charge is 0.384 e. The Morgan fingerprint density at radius 3 is 2.24 bits per heavy atom. The van der Waals surface area contributed by atoms with E-state index in [9.17, 15) is 9.18 Å². The highest BCUT2D eigenvalue weighted by Gasteiger charge is 2.11. The highest BCUT2D eigenvalue weighted by Crippen LogP contribution is 2.16. The Morgan fingerprint density at radius 1 is 1.14 bits per heavy atom. The summed E-state index contributed by atoms with van der Waals surface area (Å²) in [4.78, 5) is 13.5. The van der Waals surface area contributed by atoms with Gasteiger partial charge in [-0.25, -0.2) is 9.18 Å². The first kappa shape index (κ1) is 14.5. The van der Waals surface area contributed by atoms with Gasteiger partial charge in [-0.1, -0.05) is 0 Å². The first-order chi connectivity index (χ1) is 9.97. The van der Waals surface area contributed by atoms with Crippen molar-refractivity contribution in [1.82, 2.24) is 0 Å². The predicted molar refractivity (Wildman–Crippen MR) is 81.3 cm³/mol. The standard InChI is InChI=1S/C15H15FN4O/c1-20(13-8-2-10(3-9-13)14(17)18)15(21)19-12-6-4-11(16)5-7-12/h2-9H,1H3,(H3,17,18)(H,19,21). The molecule has 5 nitrogen and oxygen atoms in total. The molecule has 0 aliphatic heterocycles. The number of nitrogens with one attached hydrogen (secondary N) is 2. The number of rotatable bonds is 3. The molecule has 2 aromatic carbocycles. The minimum atomic E-state index is -0.360. The first-order valence-electron chi connectivity index (χ1n) is 6.22. The van der Waals surface area contributed by atoms with Gasteiger partial charge in [0.15, 0.2) is 0 Å². The van der Waals surface area contributed by atoms with Crippen molar-refractivity contribution in [2.24, 2.45) is 5.73 Å². The molecule has 2 aromatic rings. The average Bonchev–Trinajstić information content (AvgIpc) is 2.49. The lowest BCUT2D eigenvalue weighted by Crippen LogP contribution is -2.31.